The van der Waals surface area contributed by atoms with Crippen molar-refractivity contribution in [3.05, 3.63) is 42.5 Å². The van der Waals surface area contributed by atoms with Crippen LogP contribution in [0.3, 0.4) is 0 Å². The van der Waals surface area contributed by atoms with Gasteiger partial charge in [-0.3, -0.25) is 9.42 Å². The number of benzene rings is 2. The molecule has 0 radical (unpaired) electrons. The number of unbranched alkanes of at least 4 members (excludes halogenated alkanes) is 5. The molecule has 11 nitrogen and oxygen atoms in total. The minimum Gasteiger partial charge on any atom is -0.487 e. The van der Waals surface area contributed by atoms with Gasteiger partial charge in [-0.2, -0.15) is 10.2 Å². The van der Waals surface area contributed by atoms with Crippen LogP contribution in [0, 0.1) is 0 Å². The number of rotatable bonds is 12. The summed E-state index contributed by atoms with van der Waals surface area (Å²) in [5, 5.41) is 8.52. The molecule has 1 atom stereocenters. The fraction of sp³-hybridized carbons (Fsp3) is 0.571. The van der Waals surface area contributed by atoms with Crippen LogP contribution in [-0.4, -0.2) is 64.4 Å². The van der Waals surface area contributed by atoms with Crippen molar-refractivity contribution in [2.45, 2.75) is 45.4 Å². The molecule has 2 aromatic carbocycles. The molecule has 0 aromatic heterocycles. The van der Waals surface area contributed by atoms with Gasteiger partial charge in [0.1, 0.15) is 19.0 Å². The van der Waals surface area contributed by atoms with Gasteiger partial charge in [0.25, 0.3) is 0 Å². The maximum absolute atomic E-state index is 12.2. The molecule has 3 rings (SSSR count). The predicted octanol–water partition coefficient (Wildman–Crippen LogP) is 6.78. The number of ether oxygens (including phenoxy) is 5. The van der Waals surface area contributed by atoms with Gasteiger partial charge in [-0.15, -0.1) is 0 Å². The predicted molar refractivity (Wildman–Crippen MR) is 150 cm³/mol. The summed E-state index contributed by atoms with van der Waals surface area (Å²) < 4.78 is 50.6. The highest BCUT2D eigenvalue weighted by Crippen LogP contribution is 2.44. The number of hydrogen-bond donors (Lipinski definition) is 1. The lowest BCUT2D eigenvalue weighted by Crippen LogP contribution is -2.13. The topological polar surface area (TPSA) is 127 Å². The normalized spacial score (nSPS) is 17.1. The number of phosphoric acid groups is 1. The molecule has 1 N–H and O–H groups in total. The smallest absolute Gasteiger partial charge is 0.487 e. The molecule has 222 valence electrons. The first-order chi connectivity index (χ1) is 19.6. The van der Waals surface area contributed by atoms with Crippen molar-refractivity contribution < 1.29 is 42.2 Å². The van der Waals surface area contributed by atoms with Crippen LogP contribution in [0.2, 0.25) is 0 Å². The number of phosphoric ester groups is 1. The minimum atomic E-state index is -4.19. The van der Waals surface area contributed by atoms with Crippen molar-refractivity contribution in [1.82, 2.24) is 0 Å². The van der Waals surface area contributed by atoms with E-state index in [2.05, 4.69) is 17.2 Å². The first-order valence-corrected chi connectivity index (χ1v) is 15.4. The lowest BCUT2D eigenvalue weighted by Gasteiger charge is -2.13. The van der Waals surface area contributed by atoms with Crippen LogP contribution < -0.4 is 14.0 Å². The van der Waals surface area contributed by atoms with E-state index >= 15 is 0 Å². The van der Waals surface area contributed by atoms with E-state index in [1.54, 1.807) is 42.5 Å². The molecular formula is C28H41N2O9P. The van der Waals surface area contributed by atoms with E-state index in [-0.39, 0.29) is 12.4 Å². The van der Waals surface area contributed by atoms with E-state index in [1.165, 1.54) is 19.3 Å². The average molecular weight is 581 g/mol. The number of fused-ring (bicyclic) bond motifs is 1. The maximum atomic E-state index is 12.2. The van der Waals surface area contributed by atoms with Gasteiger partial charge in [0.05, 0.1) is 57.6 Å². The number of hydrogen-bond acceptors (Lipinski definition) is 10. The summed E-state index contributed by atoms with van der Waals surface area (Å²) in [6, 6.07) is 11.6. The first-order valence-electron chi connectivity index (χ1n) is 13.9. The van der Waals surface area contributed by atoms with Crippen molar-refractivity contribution in [3.8, 4) is 17.2 Å². The minimum absolute atomic E-state index is 0.178. The summed E-state index contributed by atoms with van der Waals surface area (Å²) >= 11 is 0. The highest BCUT2D eigenvalue weighted by Gasteiger charge is 2.22. The molecule has 0 saturated carbocycles. The maximum Gasteiger partial charge on any atom is 0.527 e. The third-order valence-corrected chi connectivity index (χ3v) is 6.68. The Bertz CT molecular complexity index is 1050. The van der Waals surface area contributed by atoms with E-state index in [0.717, 1.165) is 12.8 Å². The fourth-order valence-corrected chi connectivity index (χ4v) is 4.47. The summed E-state index contributed by atoms with van der Waals surface area (Å²) in [7, 11) is -4.19. The molecule has 1 aliphatic rings. The zero-order valence-electron chi connectivity index (χ0n) is 23.2. The van der Waals surface area contributed by atoms with Crippen molar-refractivity contribution in [2.24, 2.45) is 10.2 Å². The first kappa shape index (κ1) is 32.0. The van der Waals surface area contributed by atoms with Gasteiger partial charge in [-0.05, 0) is 42.8 Å². The van der Waals surface area contributed by atoms with E-state index in [0.29, 0.717) is 82.1 Å². The van der Waals surface area contributed by atoms with E-state index < -0.39 is 7.82 Å². The second-order valence-electron chi connectivity index (χ2n) is 9.02. The van der Waals surface area contributed by atoms with Gasteiger partial charge in [-0.1, -0.05) is 39.0 Å². The second-order valence-corrected chi connectivity index (χ2v) is 10.4. The molecule has 0 fully saturated rings. The molecule has 1 heterocycles. The SMILES string of the molecule is CCCCCCCCOP(=O)(O)Oc1ccc(N=Nc2ccc3c(c2)OCCOCCOCCOCCO3)cc1. The molecule has 0 amide bonds. The number of azo groups is 1. The van der Waals surface area contributed by atoms with Crippen molar-refractivity contribution in [2.75, 3.05) is 59.5 Å². The molecule has 12 heteroatoms. The highest BCUT2D eigenvalue weighted by molar-refractivity contribution is 7.47. The van der Waals surface area contributed by atoms with Crippen molar-refractivity contribution >= 4 is 19.2 Å². The highest BCUT2D eigenvalue weighted by atomic mass is 31.2. The molecule has 0 spiro atoms. The molecule has 0 saturated heterocycles. The Morgan fingerprint density at radius 2 is 1.27 bits per heavy atom. The summed E-state index contributed by atoms with van der Waals surface area (Å²) in [5.41, 5.74) is 1.10. The Hall–Kier alpha value is -2.53. The zero-order chi connectivity index (χ0) is 28.3. The molecule has 1 aliphatic heterocycles. The third-order valence-electron chi connectivity index (χ3n) is 5.73. The van der Waals surface area contributed by atoms with Crippen LogP contribution in [0.15, 0.2) is 52.7 Å². The fourth-order valence-electron chi connectivity index (χ4n) is 3.66. The van der Waals surface area contributed by atoms with Gasteiger partial charge in [0.2, 0.25) is 0 Å². The van der Waals surface area contributed by atoms with E-state index in [9.17, 15) is 9.46 Å². The lowest BCUT2D eigenvalue weighted by molar-refractivity contribution is 0.00708. The van der Waals surface area contributed by atoms with Crippen molar-refractivity contribution in [3.63, 3.8) is 0 Å². The average Bonchev–Trinajstić information content (AvgIpc) is 2.95. The molecule has 1 unspecified atom stereocenters. The third kappa shape index (κ3) is 13.2. The summed E-state index contributed by atoms with van der Waals surface area (Å²) in [6.45, 7) is 5.86. The Kier molecular flexibility index (Phi) is 15.0. The van der Waals surface area contributed by atoms with Crippen LogP contribution in [0.25, 0.3) is 0 Å². The lowest BCUT2D eigenvalue weighted by atomic mass is 10.1. The van der Waals surface area contributed by atoms with Crippen LogP contribution in [0.5, 0.6) is 17.2 Å². The summed E-state index contributed by atoms with van der Waals surface area (Å²) in [5.74, 6) is 1.30. The van der Waals surface area contributed by atoms with Gasteiger partial charge < -0.3 is 28.2 Å². The van der Waals surface area contributed by atoms with Gasteiger partial charge in [0, 0.05) is 6.07 Å². The quantitative estimate of drug-likeness (QED) is 0.164. The standard InChI is InChI=1S/C28H41N2O9P/c1-2-3-4-5-6-7-14-38-40(31,32)39-26-11-8-24(9-12-26)29-30-25-10-13-27-28(23-25)37-22-20-35-18-16-33-15-17-34-19-21-36-27/h8-13,23H,2-7,14-22H2,1H3,(H,31,32). The van der Waals surface area contributed by atoms with E-state index in [1.807, 2.05) is 0 Å². The Morgan fingerprint density at radius 1 is 0.725 bits per heavy atom. The van der Waals surface area contributed by atoms with Crippen LogP contribution >= 0.6 is 7.82 Å². The van der Waals surface area contributed by atoms with Gasteiger partial charge >= 0.3 is 7.82 Å². The largest absolute Gasteiger partial charge is 0.527 e. The van der Waals surface area contributed by atoms with Crippen molar-refractivity contribution in [1.29, 1.82) is 0 Å². The van der Waals surface area contributed by atoms with Crippen LogP contribution in [0.4, 0.5) is 11.4 Å². The molecule has 2 aromatic rings. The molecule has 40 heavy (non-hydrogen) atoms. The molecule has 0 bridgehead atoms. The summed E-state index contributed by atoms with van der Waals surface area (Å²) in [4.78, 5) is 9.99. The molecule has 0 aliphatic carbocycles. The monoisotopic (exact) mass is 580 g/mol. The van der Waals surface area contributed by atoms with Crippen LogP contribution in [-0.2, 0) is 23.3 Å². The Labute approximate surface area is 236 Å². The van der Waals surface area contributed by atoms with E-state index in [4.69, 9.17) is 32.7 Å². The van der Waals surface area contributed by atoms with Crippen LogP contribution in [0.1, 0.15) is 45.4 Å². The number of nitrogens with zero attached hydrogens (tertiary/aromatic N) is 2. The zero-order valence-corrected chi connectivity index (χ0v) is 24.1. The summed E-state index contributed by atoms with van der Waals surface area (Å²) in [6.07, 6.45) is 6.33. The van der Waals surface area contributed by atoms with Gasteiger partial charge in [-0.25, -0.2) is 4.57 Å². The molecular weight excluding hydrogens is 539 g/mol. The van der Waals surface area contributed by atoms with Gasteiger partial charge in [0.15, 0.2) is 11.5 Å². The Balaban J connectivity index is 1.51. The second kappa shape index (κ2) is 18.7. The Morgan fingerprint density at radius 3 is 1.95 bits per heavy atom.